The molecule has 0 radical (unpaired) electrons. The van der Waals surface area contributed by atoms with Gasteiger partial charge in [0.25, 0.3) is 0 Å². The van der Waals surface area contributed by atoms with Gasteiger partial charge in [0.2, 0.25) is 0 Å². The van der Waals surface area contributed by atoms with E-state index in [-0.39, 0.29) is 0 Å². The van der Waals surface area contributed by atoms with Gasteiger partial charge < -0.3 is 9.73 Å². The molecule has 4 saturated carbocycles. The van der Waals surface area contributed by atoms with Crippen molar-refractivity contribution in [1.29, 1.82) is 0 Å². The lowest BCUT2D eigenvalue weighted by Crippen LogP contribution is -2.54. The molecule has 3 heteroatoms. The Labute approximate surface area is 167 Å². The van der Waals surface area contributed by atoms with Gasteiger partial charge in [-0.15, -0.1) is 0 Å². The summed E-state index contributed by atoms with van der Waals surface area (Å²) in [6.45, 7) is 5.27. The Kier molecular flexibility index (Phi) is 4.40. The maximum absolute atomic E-state index is 6.27. The Balaban J connectivity index is 1.27. The minimum Gasteiger partial charge on any atom is -0.460 e. The molecule has 2 aromatic rings. The Morgan fingerprint density at radius 3 is 2.41 bits per heavy atom. The zero-order chi connectivity index (χ0) is 18.6. The molecular weight excluding hydrogens is 354 g/mol. The first-order chi connectivity index (χ1) is 13.0. The predicted octanol–water partition coefficient (Wildman–Crippen LogP) is 6.60. The van der Waals surface area contributed by atoms with Gasteiger partial charge in [0, 0.05) is 16.6 Å². The normalized spacial score (nSPS) is 32.8. The van der Waals surface area contributed by atoms with E-state index in [0.29, 0.717) is 11.5 Å². The third-order valence-electron chi connectivity index (χ3n) is 7.78. The summed E-state index contributed by atoms with van der Waals surface area (Å²) in [4.78, 5) is 0. The Bertz CT molecular complexity index is 803. The van der Waals surface area contributed by atoms with Crippen molar-refractivity contribution in [2.24, 2.45) is 23.2 Å². The van der Waals surface area contributed by atoms with Crippen LogP contribution < -0.4 is 5.32 Å². The highest BCUT2D eigenvalue weighted by Crippen LogP contribution is 2.61. The lowest BCUT2D eigenvalue weighted by Gasteiger charge is -2.59. The molecule has 4 bridgehead atoms. The zero-order valence-electron chi connectivity index (χ0n) is 16.4. The first-order valence-corrected chi connectivity index (χ1v) is 11.0. The second kappa shape index (κ2) is 6.67. The van der Waals surface area contributed by atoms with Crippen molar-refractivity contribution < 1.29 is 4.42 Å². The van der Waals surface area contributed by atoms with Gasteiger partial charge in [0.1, 0.15) is 11.5 Å². The fourth-order valence-corrected chi connectivity index (χ4v) is 6.84. The minimum absolute atomic E-state index is 0.535. The third kappa shape index (κ3) is 3.15. The van der Waals surface area contributed by atoms with Crippen LogP contribution in [0.3, 0.4) is 0 Å². The fraction of sp³-hybridized carbons (Fsp3) is 0.583. The molecule has 4 aliphatic carbocycles. The second-order valence-electron chi connectivity index (χ2n) is 9.56. The van der Waals surface area contributed by atoms with Crippen molar-refractivity contribution in [3.8, 4) is 11.3 Å². The molecule has 0 amide bonds. The van der Waals surface area contributed by atoms with Gasteiger partial charge in [-0.2, -0.15) is 0 Å². The van der Waals surface area contributed by atoms with E-state index in [2.05, 4.69) is 30.4 Å². The molecule has 0 saturated heterocycles. The van der Waals surface area contributed by atoms with Crippen molar-refractivity contribution in [2.75, 3.05) is 0 Å². The standard InChI is InChI=1S/C24H30ClNO/c1-15-21(4-3-5-22(15)25)23-7-6-20(27-23)14-26-16(2)24-11-17-8-18(12-24)10-19(9-17)13-24/h3-7,16-19,26H,8-14H2,1-2H3. The van der Waals surface area contributed by atoms with Gasteiger partial charge in [0.05, 0.1) is 6.54 Å². The van der Waals surface area contributed by atoms with Crippen LogP contribution in [0.25, 0.3) is 11.3 Å². The summed E-state index contributed by atoms with van der Waals surface area (Å²) in [7, 11) is 0. The Hall–Kier alpha value is -1.25. The second-order valence-corrected chi connectivity index (χ2v) is 9.97. The Morgan fingerprint density at radius 2 is 1.74 bits per heavy atom. The quantitative estimate of drug-likeness (QED) is 0.628. The zero-order valence-corrected chi connectivity index (χ0v) is 17.2. The van der Waals surface area contributed by atoms with Crippen LogP contribution in [0.15, 0.2) is 34.7 Å². The molecule has 1 aromatic carbocycles. The van der Waals surface area contributed by atoms with Crippen LogP contribution in [0.4, 0.5) is 0 Å². The summed E-state index contributed by atoms with van der Waals surface area (Å²) < 4.78 is 6.15. The van der Waals surface area contributed by atoms with Crippen LogP contribution in [0.2, 0.25) is 5.02 Å². The SMILES string of the molecule is Cc1c(Cl)cccc1-c1ccc(CNC(C)C23CC4CC(CC(C4)C2)C3)o1. The summed E-state index contributed by atoms with van der Waals surface area (Å²) in [5.74, 6) is 4.93. The molecule has 4 fully saturated rings. The van der Waals surface area contributed by atoms with Crippen LogP contribution in [0.1, 0.15) is 56.8 Å². The molecule has 6 rings (SSSR count). The van der Waals surface area contributed by atoms with E-state index in [4.69, 9.17) is 16.0 Å². The lowest BCUT2D eigenvalue weighted by atomic mass is 9.48. The van der Waals surface area contributed by atoms with Gasteiger partial charge in [-0.3, -0.25) is 0 Å². The van der Waals surface area contributed by atoms with Crippen LogP contribution in [0, 0.1) is 30.1 Å². The van der Waals surface area contributed by atoms with Gasteiger partial charge in [-0.1, -0.05) is 23.7 Å². The van der Waals surface area contributed by atoms with E-state index in [0.717, 1.165) is 52.0 Å². The van der Waals surface area contributed by atoms with Crippen molar-refractivity contribution in [1.82, 2.24) is 5.32 Å². The summed E-state index contributed by atoms with van der Waals surface area (Å²) in [6, 6.07) is 10.7. The van der Waals surface area contributed by atoms with Gasteiger partial charge in [-0.05, 0) is 99.3 Å². The lowest BCUT2D eigenvalue weighted by molar-refractivity contribution is -0.0708. The molecule has 0 spiro atoms. The molecular formula is C24H30ClNO. The van der Waals surface area contributed by atoms with Gasteiger partial charge in [-0.25, -0.2) is 0 Å². The molecule has 2 nitrogen and oxygen atoms in total. The molecule has 1 atom stereocenters. The van der Waals surface area contributed by atoms with E-state index < -0.39 is 0 Å². The smallest absolute Gasteiger partial charge is 0.134 e. The van der Waals surface area contributed by atoms with Gasteiger partial charge >= 0.3 is 0 Å². The van der Waals surface area contributed by atoms with Crippen molar-refractivity contribution >= 4 is 11.6 Å². The average molecular weight is 384 g/mol. The number of benzene rings is 1. The Morgan fingerprint density at radius 1 is 1.07 bits per heavy atom. The van der Waals surface area contributed by atoms with Crippen molar-refractivity contribution in [3.05, 3.63) is 46.7 Å². The van der Waals surface area contributed by atoms with Crippen molar-refractivity contribution in [2.45, 2.75) is 65.0 Å². The highest BCUT2D eigenvalue weighted by atomic mass is 35.5. The van der Waals surface area contributed by atoms with Crippen LogP contribution in [-0.4, -0.2) is 6.04 Å². The minimum atomic E-state index is 0.535. The molecule has 1 N–H and O–H groups in total. The largest absolute Gasteiger partial charge is 0.460 e. The molecule has 1 unspecified atom stereocenters. The number of rotatable bonds is 5. The monoisotopic (exact) mass is 383 g/mol. The maximum atomic E-state index is 6.27. The van der Waals surface area contributed by atoms with Crippen LogP contribution >= 0.6 is 11.6 Å². The van der Waals surface area contributed by atoms with E-state index in [1.54, 1.807) is 0 Å². The summed E-state index contributed by atoms with van der Waals surface area (Å²) in [5, 5.41) is 4.62. The molecule has 27 heavy (non-hydrogen) atoms. The van der Waals surface area contributed by atoms with Crippen molar-refractivity contribution in [3.63, 3.8) is 0 Å². The van der Waals surface area contributed by atoms with E-state index in [1.807, 2.05) is 19.1 Å². The van der Waals surface area contributed by atoms with Crippen LogP contribution in [0.5, 0.6) is 0 Å². The number of nitrogens with one attached hydrogen (secondary N) is 1. The highest BCUT2D eigenvalue weighted by Gasteiger charge is 2.52. The summed E-state index contributed by atoms with van der Waals surface area (Å²) in [5.41, 5.74) is 2.70. The first-order valence-electron chi connectivity index (χ1n) is 10.6. The predicted molar refractivity (Wildman–Crippen MR) is 111 cm³/mol. The molecule has 144 valence electrons. The number of furan rings is 1. The van der Waals surface area contributed by atoms with Crippen LogP contribution in [-0.2, 0) is 6.54 Å². The molecule has 0 aliphatic heterocycles. The molecule has 1 aromatic heterocycles. The first kappa shape index (κ1) is 17.8. The molecule has 1 heterocycles. The fourth-order valence-electron chi connectivity index (χ4n) is 6.67. The maximum Gasteiger partial charge on any atom is 0.134 e. The number of hydrogen-bond acceptors (Lipinski definition) is 2. The highest BCUT2D eigenvalue weighted by molar-refractivity contribution is 6.31. The van der Waals surface area contributed by atoms with E-state index in [9.17, 15) is 0 Å². The topological polar surface area (TPSA) is 25.2 Å². The summed E-state index contributed by atoms with van der Waals surface area (Å²) >= 11 is 6.27. The third-order valence-corrected chi connectivity index (χ3v) is 8.19. The number of hydrogen-bond donors (Lipinski definition) is 1. The number of halogens is 1. The van der Waals surface area contributed by atoms with E-state index in [1.165, 1.54) is 38.5 Å². The average Bonchev–Trinajstić information content (AvgIpc) is 3.09. The van der Waals surface area contributed by atoms with E-state index >= 15 is 0 Å². The molecule has 4 aliphatic rings. The summed E-state index contributed by atoms with van der Waals surface area (Å²) in [6.07, 6.45) is 8.85. The van der Waals surface area contributed by atoms with Gasteiger partial charge in [0.15, 0.2) is 0 Å².